The van der Waals surface area contributed by atoms with Gasteiger partial charge in [0.1, 0.15) is 6.20 Å². The van der Waals surface area contributed by atoms with Crippen LogP contribution in [-0.2, 0) is 9.53 Å². The highest BCUT2D eigenvalue weighted by Crippen LogP contribution is 2.39. The average molecular weight is 375 g/mol. The molecule has 0 N–H and O–H groups in total. The number of esters is 1. The molecule has 0 aromatic carbocycles. The van der Waals surface area contributed by atoms with Crippen LogP contribution in [-0.4, -0.2) is 46.0 Å². The Morgan fingerprint density at radius 1 is 1.62 bits per heavy atom. The summed E-state index contributed by atoms with van der Waals surface area (Å²) in [5.41, 5.74) is 0.788. The summed E-state index contributed by atoms with van der Waals surface area (Å²) in [6.07, 6.45) is 6.86. The van der Waals surface area contributed by atoms with Crippen LogP contribution in [0.2, 0.25) is 0 Å². The first-order valence-corrected chi connectivity index (χ1v) is 7.81. The van der Waals surface area contributed by atoms with Crippen molar-refractivity contribution in [3.63, 3.8) is 0 Å². The number of quaternary nitrogens is 1. The molecule has 0 bridgehead atoms. The van der Waals surface area contributed by atoms with Gasteiger partial charge < -0.3 is 9.64 Å². The topological polar surface area (TPSA) is 54.3 Å². The minimum atomic E-state index is -0.171. The van der Waals surface area contributed by atoms with Crippen LogP contribution in [0, 0.1) is 5.92 Å². The lowest BCUT2D eigenvalue weighted by Gasteiger charge is -2.32. The van der Waals surface area contributed by atoms with Crippen molar-refractivity contribution in [2.75, 3.05) is 20.2 Å². The second-order valence-electron chi connectivity index (χ2n) is 5.11. The molecule has 0 aromatic heterocycles. The first-order chi connectivity index (χ1) is 10.1. The Balaban J connectivity index is 1.90. The third kappa shape index (κ3) is 2.43. The normalized spacial score (nSPS) is 31.3. The van der Waals surface area contributed by atoms with E-state index < -0.39 is 0 Å². The second-order valence-corrected chi connectivity index (χ2v) is 6.35. The van der Waals surface area contributed by atoms with E-state index >= 15 is 0 Å². The molecule has 0 saturated carbocycles. The molecule has 0 radical (unpaired) electrons. The minimum absolute atomic E-state index is 0.0434. The van der Waals surface area contributed by atoms with Crippen LogP contribution in [0.5, 0.6) is 0 Å². The number of ether oxygens (including phenoxy) is 1. The molecule has 3 rings (SSSR count). The maximum Gasteiger partial charge on any atom is 0.310 e. The Morgan fingerprint density at radius 2 is 2.43 bits per heavy atom. The summed E-state index contributed by atoms with van der Waals surface area (Å²) in [5, 5.41) is 0. The number of carbonyl (C=O) groups excluding carboxylic acids is 1. The van der Waals surface area contributed by atoms with Gasteiger partial charge in [-0.05, 0) is 12.8 Å². The maximum absolute atomic E-state index is 11.8. The van der Waals surface area contributed by atoms with Gasteiger partial charge in [-0.2, -0.15) is 4.99 Å². The Kier molecular flexibility index (Phi) is 3.90. The van der Waals surface area contributed by atoms with Crippen molar-refractivity contribution < 1.29 is 13.5 Å². The molecular weight excluding hydrogens is 360 g/mol. The lowest BCUT2D eigenvalue weighted by atomic mass is 9.98. The standard InChI is InChI=1S/C13H15BrClN4O2/c1-21-12(20)9-3-2-5-18(8-9)11-10-7-16-4-6-19(10,15)13(14)17-11/h4,6-7,9H,2-3,5,8H2,1H3/q+1. The number of amidine groups is 1. The predicted molar refractivity (Wildman–Crippen MR) is 83.4 cm³/mol. The fourth-order valence-electron chi connectivity index (χ4n) is 2.75. The van der Waals surface area contributed by atoms with E-state index in [1.165, 1.54) is 7.11 Å². The van der Waals surface area contributed by atoms with Crippen LogP contribution in [0.25, 0.3) is 0 Å². The third-order valence-corrected chi connectivity index (χ3v) is 5.25. The number of halogens is 2. The number of aliphatic imine (C=N–C) groups is 2. The average Bonchev–Trinajstić information content (AvgIpc) is 2.78. The molecule has 112 valence electrons. The van der Waals surface area contributed by atoms with Crippen molar-refractivity contribution in [3.05, 3.63) is 23.9 Å². The molecule has 1 fully saturated rings. The molecule has 2 atom stereocenters. The first kappa shape index (κ1) is 14.7. The van der Waals surface area contributed by atoms with Crippen molar-refractivity contribution in [3.8, 4) is 0 Å². The number of piperidine rings is 1. The van der Waals surface area contributed by atoms with Gasteiger partial charge in [-0.3, -0.25) is 9.79 Å². The molecule has 3 heterocycles. The van der Waals surface area contributed by atoms with Gasteiger partial charge in [0.2, 0.25) is 11.5 Å². The number of methoxy groups -OCH3 is 1. The van der Waals surface area contributed by atoms with Crippen LogP contribution in [0.1, 0.15) is 12.8 Å². The van der Waals surface area contributed by atoms with Gasteiger partial charge in [0.05, 0.1) is 25.4 Å². The third-order valence-electron chi connectivity index (χ3n) is 3.86. The fraction of sp³-hybridized carbons (Fsp3) is 0.462. The number of likely N-dealkylation sites (tertiary alicyclic amines) is 1. The Labute approximate surface area is 136 Å². The van der Waals surface area contributed by atoms with Crippen LogP contribution in [0.4, 0.5) is 0 Å². The minimum Gasteiger partial charge on any atom is -0.469 e. The van der Waals surface area contributed by atoms with E-state index in [1.54, 1.807) is 18.6 Å². The molecule has 1 saturated heterocycles. The maximum atomic E-state index is 11.8. The van der Waals surface area contributed by atoms with Gasteiger partial charge in [0.15, 0.2) is 11.8 Å². The van der Waals surface area contributed by atoms with Crippen molar-refractivity contribution in [2.24, 2.45) is 15.9 Å². The fourth-order valence-corrected chi connectivity index (χ4v) is 3.44. The highest BCUT2D eigenvalue weighted by Gasteiger charge is 2.46. The first-order valence-electron chi connectivity index (χ1n) is 6.68. The van der Waals surface area contributed by atoms with E-state index in [0.717, 1.165) is 30.9 Å². The van der Waals surface area contributed by atoms with Crippen LogP contribution < -0.4 is 0 Å². The van der Waals surface area contributed by atoms with Gasteiger partial charge in [-0.15, -0.1) is 4.00 Å². The molecule has 8 heteroatoms. The summed E-state index contributed by atoms with van der Waals surface area (Å²) in [4.78, 5) is 22.5. The van der Waals surface area contributed by atoms with Crippen molar-refractivity contribution in [1.82, 2.24) is 4.90 Å². The van der Waals surface area contributed by atoms with E-state index in [0.29, 0.717) is 11.3 Å². The number of rotatable bonds is 2. The van der Waals surface area contributed by atoms with E-state index in [2.05, 4.69) is 30.8 Å². The van der Waals surface area contributed by atoms with Crippen LogP contribution in [0.3, 0.4) is 0 Å². The molecule has 3 aliphatic rings. The lowest BCUT2D eigenvalue weighted by Crippen LogP contribution is -2.39. The van der Waals surface area contributed by atoms with Gasteiger partial charge in [0, 0.05) is 29.0 Å². The number of hydrogen-bond acceptors (Lipinski definition) is 5. The molecule has 3 aliphatic heterocycles. The summed E-state index contributed by atoms with van der Waals surface area (Å²) in [6.45, 7) is 1.42. The summed E-state index contributed by atoms with van der Waals surface area (Å²) >= 11 is 9.99. The molecule has 21 heavy (non-hydrogen) atoms. The number of hydrogen-bond donors (Lipinski definition) is 0. The van der Waals surface area contributed by atoms with Crippen LogP contribution in [0.15, 0.2) is 33.9 Å². The lowest BCUT2D eigenvalue weighted by molar-refractivity contribution is -0.595. The Hall–Kier alpha value is -1.18. The van der Waals surface area contributed by atoms with Gasteiger partial charge in [-0.25, -0.2) is 0 Å². The van der Waals surface area contributed by atoms with Crippen molar-refractivity contribution >= 4 is 44.6 Å². The highest BCUT2D eigenvalue weighted by atomic mass is 79.9. The molecule has 2 unspecified atom stereocenters. The van der Waals surface area contributed by atoms with E-state index in [4.69, 9.17) is 16.5 Å². The summed E-state index contributed by atoms with van der Waals surface area (Å²) in [6, 6.07) is 0. The smallest absolute Gasteiger partial charge is 0.310 e. The summed E-state index contributed by atoms with van der Waals surface area (Å²) in [7, 11) is 1.42. The zero-order valence-corrected chi connectivity index (χ0v) is 13.8. The van der Waals surface area contributed by atoms with Gasteiger partial charge in [0.25, 0.3) is 0 Å². The molecule has 0 aromatic rings. The molecule has 0 spiro atoms. The number of carbonyl (C=O) groups is 1. The SMILES string of the molecule is COC(=O)C1CCCN(C2=C3C=NC=C[N+]3(Cl)C(Br)=N2)C1. The molecule has 6 nitrogen and oxygen atoms in total. The zero-order valence-electron chi connectivity index (χ0n) is 11.5. The van der Waals surface area contributed by atoms with E-state index in [9.17, 15) is 4.79 Å². The van der Waals surface area contributed by atoms with Gasteiger partial charge >= 0.3 is 10.7 Å². The number of allylic oxidation sites excluding steroid dienone is 1. The van der Waals surface area contributed by atoms with Crippen LogP contribution >= 0.6 is 27.7 Å². The van der Waals surface area contributed by atoms with Crippen molar-refractivity contribution in [2.45, 2.75) is 12.8 Å². The Morgan fingerprint density at radius 3 is 3.19 bits per heavy atom. The number of fused-ring (bicyclic) bond motifs is 1. The monoisotopic (exact) mass is 373 g/mol. The van der Waals surface area contributed by atoms with Crippen molar-refractivity contribution in [1.29, 1.82) is 0 Å². The summed E-state index contributed by atoms with van der Waals surface area (Å²) in [5.74, 6) is 0.466. The zero-order chi connectivity index (χ0) is 15.0. The summed E-state index contributed by atoms with van der Waals surface area (Å²) < 4.78 is 5.40. The van der Waals surface area contributed by atoms with E-state index in [-0.39, 0.29) is 15.9 Å². The largest absolute Gasteiger partial charge is 0.469 e. The quantitative estimate of drug-likeness (QED) is 0.423. The highest BCUT2D eigenvalue weighted by molar-refractivity contribution is 9.18. The molecular formula is C13H15BrClN4O2+. The van der Waals surface area contributed by atoms with Gasteiger partial charge in [-0.1, -0.05) is 0 Å². The number of nitrogens with zero attached hydrogens (tertiary/aromatic N) is 4. The molecule has 0 amide bonds. The molecule has 0 aliphatic carbocycles. The predicted octanol–water partition coefficient (Wildman–Crippen LogP) is 2.33. The second kappa shape index (κ2) is 5.55. The Bertz CT molecular complexity index is 601. The van der Waals surface area contributed by atoms with E-state index in [1.807, 2.05) is 0 Å².